The van der Waals surface area contributed by atoms with Crippen LogP contribution in [-0.2, 0) is 4.74 Å². The van der Waals surface area contributed by atoms with Crippen LogP contribution < -0.4 is 11.1 Å². The van der Waals surface area contributed by atoms with Gasteiger partial charge in [0.2, 0.25) is 0 Å². The van der Waals surface area contributed by atoms with Crippen molar-refractivity contribution < 1.29 is 4.74 Å². The van der Waals surface area contributed by atoms with Crippen LogP contribution in [-0.4, -0.2) is 26.4 Å². The van der Waals surface area contributed by atoms with Gasteiger partial charge in [0, 0.05) is 5.92 Å². The lowest BCUT2D eigenvalue weighted by Gasteiger charge is -2.27. The van der Waals surface area contributed by atoms with Crippen molar-refractivity contribution in [2.24, 2.45) is 11.7 Å². The van der Waals surface area contributed by atoms with Crippen LogP contribution in [0.2, 0.25) is 0 Å². The van der Waals surface area contributed by atoms with Gasteiger partial charge in [-0.2, -0.15) is 0 Å². The summed E-state index contributed by atoms with van der Waals surface area (Å²) in [5.74, 6) is 0.701. The highest BCUT2D eigenvalue weighted by atomic mass is 16.5. The first-order valence-electron chi connectivity index (χ1n) is 3.33. The fraction of sp³-hybridized carbons (Fsp3) is 1.00. The van der Waals surface area contributed by atoms with Gasteiger partial charge in [-0.3, -0.25) is 0 Å². The summed E-state index contributed by atoms with van der Waals surface area (Å²) in [4.78, 5) is 0. The molecule has 3 N–H and O–H groups in total. The standard InChI is InChI=1S/C6H14N2O/c1-8-6(7)2-5-3-9-4-5/h5-6,8H,2-4,7H2,1H3. The predicted molar refractivity (Wildman–Crippen MR) is 36.0 cm³/mol. The molecule has 1 atom stereocenters. The summed E-state index contributed by atoms with van der Waals surface area (Å²) in [6.07, 6.45) is 1.19. The third-order valence-electron chi connectivity index (χ3n) is 1.67. The summed E-state index contributed by atoms with van der Waals surface area (Å²) in [5, 5.41) is 2.99. The average Bonchev–Trinajstić information content (AvgIpc) is 1.78. The third kappa shape index (κ3) is 1.93. The van der Waals surface area contributed by atoms with Crippen molar-refractivity contribution >= 4 is 0 Å². The van der Waals surface area contributed by atoms with E-state index >= 15 is 0 Å². The molecule has 1 aliphatic rings. The van der Waals surface area contributed by atoms with E-state index in [1.165, 1.54) is 0 Å². The third-order valence-corrected chi connectivity index (χ3v) is 1.67. The lowest BCUT2D eigenvalue weighted by atomic mass is 10.0. The Morgan fingerprint density at radius 3 is 2.78 bits per heavy atom. The summed E-state index contributed by atoms with van der Waals surface area (Å²) in [7, 11) is 1.88. The summed E-state index contributed by atoms with van der Waals surface area (Å²) >= 11 is 0. The van der Waals surface area contributed by atoms with Crippen molar-refractivity contribution in [3.05, 3.63) is 0 Å². The summed E-state index contributed by atoms with van der Waals surface area (Å²) in [6.45, 7) is 1.80. The van der Waals surface area contributed by atoms with E-state index in [9.17, 15) is 0 Å². The number of rotatable bonds is 3. The van der Waals surface area contributed by atoms with Crippen LogP contribution in [0, 0.1) is 5.92 Å². The molecule has 54 valence electrons. The molecular formula is C6H14N2O. The lowest BCUT2D eigenvalue weighted by Crippen LogP contribution is -2.41. The Labute approximate surface area is 55.6 Å². The van der Waals surface area contributed by atoms with Crippen LogP contribution in [0.15, 0.2) is 0 Å². The number of nitrogens with two attached hydrogens (primary N) is 1. The zero-order valence-corrected chi connectivity index (χ0v) is 5.76. The molecule has 3 heteroatoms. The molecular weight excluding hydrogens is 116 g/mol. The number of hydrogen-bond donors (Lipinski definition) is 2. The predicted octanol–water partition coefficient (Wildman–Crippen LogP) is -0.473. The molecule has 1 rings (SSSR count). The van der Waals surface area contributed by atoms with E-state index in [0.717, 1.165) is 19.6 Å². The van der Waals surface area contributed by atoms with Crippen molar-refractivity contribution in [2.45, 2.75) is 12.6 Å². The van der Waals surface area contributed by atoms with Gasteiger partial charge in [-0.15, -0.1) is 0 Å². The Morgan fingerprint density at radius 2 is 2.44 bits per heavy atom. The Hall–Kier alpha value is -0.120. The normalized spacial score (nSPS) is 23.3. The number of nitrogens with one attached hydrogen (secondary N) is 1. The van der Waals surface area contributed by atoms with Gasteiger partial charge in [0.05, 0.1) is 19.4 Å². The summed E-state index contributed by atoms with van der Waals surface area (Å²) in [6, 6.07) is 0. The minimum Gasteiger partial charge on any atom is -0.381 e. The molecule has 1 heterocycles. The number of ether oxygens (including phenoxy) is 1. The van der Waals surface area contributed by atoms with E-state index in [-0.39, 0.29) is 6.17 Å². The molecule has 0 aliphatic carbocycles. The molecule has 0 spiro atoms. The van der Waals surface area contributed by atoms with Crippen molar-refractivity contribution in [1.82, 2.24) is 5.32 Å². The molecule has 1 saturated heterocycles. The highest BCUT2D eigenvalue weighted by Crippen LogP contribution is 2.14. The molecule has 1 fully saturated rings. The Balaban J connectivity index is 2.01. The monoisotopic (exact) mass is 130 g/mol. The first-order chi connectivity index (χ1) is 4.33. The van der Waals surface area contributed by atoms with Crippen molar-refractivity contribution in [3.63, 3.8) is 0 Å². The molecule has 0 amide bonds. The second-order valence-electron chi connectivity index (χ2n) is 2.53. The first kappa shape index (κ1) is 6.99. The van der Waals surface area contributed by atoms with Gasteiger partial charge < -0.3 is 15.8 Å². The van der Waals surface area contributed by atoms with Crippen LogP contribution >= 0.6 is 0 Å². The fourth-order valence-electron chi connectivity index (χ4n) is 0.898. The Morgan fingerprint density at radius 1 is 1.78 bits per heavy atom. The SMILES string of the molecule is CNC(N)CC1COC1. The zero-order valence-electron chi connectivity index (χ0n) is 5.76. The van der Waals surface area contributed by atoms with Crippen LogP contribution in [0.25, 0.3) is 0 Å². The van der Waals surface area contributed by atoms with E-state index in [2.05, 4.69) is 5.32 Å². The Kier molecular flexibility index (Phi) is 2.45. The molecule has 0 bridgehead atoms. The maximum atomic E-state index is 5.62. The van der Waals surface area contributed by atoms with Crippen LogP contribution in [0.3, 0.4) is 0 Å². The van der Waals surface area contributed by atoms with Crippen LogP contribution in [0.5, 0.6) is 0 Å². The van der Waals surface area contributed by atoms with E-state index in [1.54, 1.807) is 0 Å². The van der Waals surface area contributed by atoms with Crippen molar-refractivity contribution in [1.29, 1.82) is 0 Å². The van der Waals surface area contributed by atoms with E-state index in [4.69, 9.17) is 10.5 Å². The second-order valence-corrected chi connectivity index (χ2v) is 2.53. The maximum Gasteiger partial charge on any atom is 0.0548 e. The van der Waals surface area contributed by atoms with Gasteiger partial charge in [0.1, 0.15) is 0 Å². The molecule has 0 aromatic heterocycles. The largest absolute Gasteiger partial charge is 0.381 e. The minimum atomic E-state index is 0.152. The minimum absolute atomic E-state index is 0.152. The molecule has 3 nitrogen and oxygen atoms in total. The molecule has 9 heavy (non-hydrogen) atoms. The van der Waals surface area contributed by atoms with E-state index in [1.807, 2.05) is 7.05 Å². The van der Waals surface area contributed by atoms with Crippen LogP contribution in [0.1, 0.15) is 6.42 Å². The number of hydrogen-bond acceptors (Lipinski definition) is 3. The van der Waals surface area contributed by atoms with Gasteiger partial charge in [0.25, 0.3) is 0 Å². The molecule has 0 radical (unpaired) electrons. The summed E-state index contributed by atoms with van der Waals surface area (Å²) < 4.78 is 5.00. The maximum absolute atomic E-state index is 5.62. The van der Waals surface area contributed by atoms with Crippen LogP contribution in [0.4, 0.5) is 0 Å². The highest BCUT2D eigenvalue weighted by molar-refractivity contribution is 4.69. The fourth-order valence-corrected chi connectivity index (χ4v) is 0.898. The molecule has 1 aliphatic heterocycles. The van der Waals surface area contributed by atoms with Crippen molar-refractivity contribution in [2.75, 3.05) is 20.3 Å². The van der Waals surface area contributed by atoms with Gasteiger partial charge in [-0.05, 0) is 13.5 Å². The topological polar surface area (TPSA) is 47.3 Å². The van der Waals surface area contributed by atoms with Gasteiger partial charge >= 0.3 is 0 Å². The van der Waals surface area contributed by atoms with E-state index in [0.29, 0.717) is 5.92 Å². The molecule has 0 saturated carbocycles. The molecule has 1 unspecified atom stereocenters. The zero-order chi connectivity index (χ0) is 6.69. The molecule has 0 aromatic carbocycles. The first-order valence-corrected chi connectivity index (χ1v) is 3.33. The van der Waals surface area contributed by atoms with Gasteiger partial charge in [0.15, 0.2) is 0 Å². The quantitative estimate of drug-likeness (QED) is 0.508. The Bertz CT molecular complexity index is 80.4. The highest BCUT2D eigenvalue weighted by Gasteiger charge is 2.19. The second kappa shape index (κ2) is 3.15. The van der Waals surface area contributed by atoms with Gasteiger partial charge in [-0.1, -0.05) is 0 Å². The lowest BCUT2D eigenvalue weighted by molar-refractivity contribution is -0.0391. The van der Waals surface area contributed by atoms with E-state index < -0.39 is 0 Å². The summed E-state index contributed by atoms with van der Waals surface area (Å²) in [5.41, 5.74) is 5.62. The molecule has 0 aromatic rings. The van der Waals surface area contributed by atoms with Crippen molar-refractivity contribution in [3.8, 4) is 0 Å². The smallest absolute Gasteiger partial charge is 0.0548 e. The van der Waals surface area contributed by atoms with Gasteiger partial charge in [-0.25, -0.2) is 0 Å². The average molecular weight is 130 g/mol.